The Balaban J connectivity index is 1.66. The molecule has 6 nitrogen and oxygen atoms in total. The number of benzene rings is 2. The van der Waals surface area contributed by atoms with Crippen molar-refractivity contribution in [2.75, 3.05) is 10.6 Å². The van der Waals surface area contributed by atoms with Crippen LogP contribution in [0.2, 0.25) is 0 Å². The Morgan fingerprint density at radius 2 is 1.68 bits per heavy atom. The van der Waals surface area contributed by atoms with Crippen LogP contribution in [-0.4, -0.2) is 15.9 Å². The van der Waals surface area contributed by atoms with Crippen LogP contribution < -0.4 is 16.0 Å². The van der Waals surface area contributed by atoms with Gasteiger partial charge in [0.05, 0.1) is 0 Å². The lowest BCUT2D eigenvalue weighted by atomic mass is 10.2. The Kier molecular flexibility index (Phi) is 6.01. The van der Waals surface area contributed by atoms with E-state index in [0.717, 1.165) is 28.3 Å². The van der Waals surface area contributed by atoms with Crippen LogP contribution in [0.3, 0.4) is 0 Å². The van der Waals surface area contributed by atoms with E-state index in [-0.39, 0.29) is 5.91 Å². The van der Waals surface area contributed by atoms with Gasteiger partial charge in [-0.05, 0) is 43.7 Å². The summed E-state index contributed by atoms with van der Waals surface area (Å²) >= 11 is 0. The molecule has 0 aliphatic rings. The van der Waals surface area contributed by atoms with Gasteiger partial charge < -0.3 is 16.0 Å². The first kappa shape index (κ1) is 19.1. The largest absolute Gasteiger partial charge is 0.348 e. The van der Waals surface area contributed by atoms with Gasteiger partial charge in [-0.2, -0.15) is 4.98 Å². The highest BCUT2D eigenvalue weighted by molar-refractivity contribution is 5.92. The zero-order chi connectivity index (χ0) is 19.9. The van der Waals surface area contributed by atoms with Gasteiger partial charge in [-0.1, -0.05) is 36.9 Å². The molecule has 0 aliphatic heterocycles. The first-order chi connectivity index (χ1) is 13.5. The molecule has 0 saturated heterocycles. The van der Waals surface area contributed by atoms with E-state index >= 15 is 0 Å². The minimum Gasteiger partial charge on any atom is -0.348 e. The van der Waals surface area contributed by atoms with Crippen LogP contribution in [0.1, 0.15) is 18.1 Å². The molecule has 1 heterocycles. The van der Waals surface area contributed by atoms with Gasteiger partial charge in [0, 0.05) is 35.3 Å². The number of hydrogen-bond donors (Lipinski definition) is 3. The van der Waals surface area contributed by atoms with Crippen molar-refractivity contribution >= 4 is 29.0 Å². The van der Waals surface area contributed by atoms with Gasteiger partial charge in [-0.3, -0.25) is 4.79 Å². The minimum absolute atomic E-state index is 0.141. The summed E-state index contributed by atoms with van der Waals surface area (Å²) in [6.07, 6.45) is 1.78. The summed E-state index contributed by atoms with van der Waals surface area (Å²) in [5, 5.41) is 9.33. The molecule has 0 unspecified atom stereocenters. The average Bonchev–Trinajstić information content (AvgIpc) is 2.70. The predicted molar refractivity (Wildman–Crippen MR) is 113 cm³/mol. The van der Waals surface area contributed by atoms with E-state index in [9.17, 15) is 4.79 Å². The van der Waals surface area contributed by atoms with Crippen LogP contribution in [0.4, 0.5) is 23.1 Å². The number of aryl methyl sites for hydroxylation is 1. The van der Waals surface area contributed by atoms with Crippen molar-refractivity contribution in [3.05, 3.63) is 84.1 Å². The summed E-state index contributed by atoms with van der Waals surface area (Å²) in [5.41, 5.74) is 4.28. The zero-order valence-corrected chi connectivity index (χ0v) is 16.0. The molecule has 3 N–H and O–H groups in total. The number of nitrogens with zero attached hydrogens (tertiary/aromatic N) is 2. The highest BCUT2D eigenvalue weighted by Gasteiger charge is 2.06. The fraction of sp³-hybridized carbons (Fsp3) is 0.136. The summed E-state index contributed by atoms with van der Waals surface area (Å²) in [5.74, 6) is 1.12. The van der Waals surface area contributed by atoms with E-state index in [4.69, 9.17) is 0 Å². The van der Waals surface area contributed by atoms with Crippen molar-refractivity contribution in [3.63, 3.8) is 0 Å². The molecule has 2 aromatic carbocycles. The van der Waals surface area contributed by atoms with Crippen molar-refractivity contribution in [2.45, 2.75) is 20.4 Å². The van der Waals surface area contributed by atoms with E-state index in [1.165, 1.54) is 0 Å². The molecule has 0 aliphatic carbocycles. The lowest BCUT2D eigenvalue weighted by Gasteiger charge is -2.12. The van der Waals surface area contributed by atoms with Gasteiger partial charge in [0.15, 0.2) is 0 Å². The maximum atomic E-state index is 11.6. The van der Waals surface area contributed by atoms with E-state index in [1.807, 2.05) is 61.5 Å². The topological polar surface area (TPSA) is 78.9 Å². The van der Waals surface area contributed by atoms with Gasteiger partial charge in [-0.25, -0.2) is 4.98 Å². The molecule has 3 aromatic rings. The van der Waals surface area contributed by atoms with Crippen molar-refractivity contribution in [1.82, 2.24) is 15.3 Å². The fourth-order valence-electron chi connectivity index (χ4n) is 2.46. The Labute approximate surface area is 164 Å². The summed E-state index contributed by atoms with van der Waals surface area (Å²) < 4.78 is 0. The number of anilines is 4. The van der Waals surface area contributed by atoms with Crippen molar-refractivity contribution in [2.24, 2.45) is 0 Å². The second-order valence-corrected chi connectivity index (χ2v) is 6.50. The van der Waals surface area contributed by atoms with Crippen LogP contribution >= 0.6 is 0 Å². The molecule has 0 saturated carbocycles. The third-order valence-corrected chi connectivity index (χ3v) is 4.06. The van der Waals surface area contributed by atoms with Crippen LogP contribution in [-0.2, 0) is 11.3 Å². The second kappa shape index (κ2) is 8.81. The molecule has 28 heavy (non-hydrogen) atoms. The molecule has 3 rings (SSSR count). The lowest BCUT2D eigenvalue weighted by Crippen LogP contribution is -2.22. The van der Waals surface area contributed by atoms with Crippen molar-refractivity contribution < 1.29 is 4.79 Å². The third kappa shape index (κ3) is 5.17. The molecule has 1 amide bonds. The number of carbonyl (C=O) groups is 1. The molecule has 0 atom stereocenters. The van der Waals surface area contributed by atoms with Crippen molar-refractivity contribution in [1.29, 1.82) is 0 Å². The Morgan fingerprint density at radius 1 is 1.00 bits per heavy atom. The molecule has 0 spiro atoms. The van der Waals surface area contributed by atoms with Gasteiger partial charge >= 0.3 is 0 Å². The molecule has 1 aromatic heterocycles. The van der Waals surface area contributed by atoms with Gasteiger partial charge in [0.1, 0.15) is 5.82 Å². The average molecular weight is 373 g/mol. The number of para-hydroxylation sites is 1. The fourth-order valence-corrected chi connectivity index (χ4v) is 2.46. The number of aromatic nitrogens is 2. The lowest BCUT2D eigenvalue weighted by molar-refractivity contribution is -0.117. The summed E-state index contributed by atoms with van der Waals surface area (Å²) in [6.45, 7) is 7.73. The molecule has 0 radical (unpaired) electrons. The summed E-state index contributed by atoms with van der Waals surface area (Å²) in [4.78, 5) is 20.5. The normalized spacial score (nSPS) is 10.2. The smallest absolute Gasteiger partial charge is 0.246 e. The quantitative estimate of drug-likeness (QED) is 0.533. The maximum Gasteiger partial charge on any atom is 0.246 e. The van der Waals surface area contributed by atoms with Crippen LogP contribution in [0, 0.1) is 6.92 Å². The minimum atomic E-state index is -0.141. The monoisotopic (exact) mass is 373 g/mol. The number of amides is 1. The van der Waals surface area contributed by atoms with Crippen molar-refractivity contribution in [3.8, 4) is 0 Å². The Morgan fingerprint density at radius 3 is 2.36 bits per heavy atom. The zero-order valence-electron chi connectivity index (χ0n) is 16.0. The molecule has 0 fully saturated rings. The van der Waals surface area contributed by atoms with E-state index in [2.05, 4.69) is 32.5 Å². The predicted octanol–water partition coefficient (Wildman–Crippen LogP) is 4.46. The molecular formula is C22H23N5O. The standard InChI is InChI=1S/C22H23N5O/c1-15(2)21(28)23-14-17-9-11-19(12-10-17)25-20-16(3)13-24-22(27-20)26-18-7-5-4-6-8-18/h4-13H,1,14H2,2-3H3,(H,23,28)(H2,24,25,26,27). The number of nitrogens with one attached hydrogen (secondary N) is 3. The molecule has 142 valence electrons. The SMILES string of the molecule is C=C(C)C(=O)NCc1ccc(Nc2nc(Nc3ccccc3)ncc2C)cc1. The highest BCUT2D eigenvalue weighted by Crippen LogP contribution is 2.21. The van der Waals surface area contributed by atoms with Gasteiger partial charge in [-0.15, -0.1) is 0 Å². The molecule has 0 bridgehead atoms. The number of hydrogen-bond acceptors (Lipinski definition) is 5. The highest BCUT2D eigenvalue weighted by atomic mass is 16.1. The van der Waals surface area contributed by atoms with Crippen LogP contribution in [0.15, 0.2) is 72.9 Å². The number of rotatable bonds is 7. The first-order valence-electron chi connectivity index (χ1n) is 8.96. The van der Waals surface area contributed by atoms with Crippen LogP contribution in [0.25, 0.3) is 0 Å². The Hall–Kier alpha value is -3.67. The maximum absolute atomic E-state index is 11.6. The van der Waals surface area contributed by atoms with E-state index < -0.39 is 0 Å². The van der Waals surface area contributed by atoms with E-state index in [1.54, 1.807) is 13.1 Å². The molecule has 6 heteroatoms. The second-order valence-electron chi connectivity index (χ2n) is 6.50. The van der Waals surface area contributed by atoms with Gasteiger partial charge in [0.2, 0.25) is 11.9 Å². The summed E-state index contributed by atoms with van der Waals surface area (Å²) in [6, 6.07) is 17.6. The Bertz CT molecular complexity index is 968. The van der Waals surface area contributed by atoms with Gasteiger partial charge in [0.25, 0.3) is 0 Å². The third-order valence-electron chi connectivity index (χ3n) is 4.06. The van der Waals surface area contributed by atoms with E-state index in [0.29, 0.717) is 18.1 Å². The van der Waals surface area contributed by atoms with Crippen LogP contribution in [0.5, 0.6) is 0 Å². The first-order valence-corrected chi connectivity index (χ1v) is 8.96. The molecular weight excluding hydrogens is 350 g/mol. The summed E-state index contributed by atoms with van der Waals surface area (Å²) in [7, 11) is 0. The number of carbonyl (C=O) groups excluding carboxylic acids is 1.